The number of fused-ring (bicyclic) bond motifs is 1. The van der Waals surface area contributed by atoms with Crippen molar-refractivity contribution in [2.75, 3.05) is 18.8 Å². The minimum absolute atomic E-state index is 0.0550. The van der Waals surface area contributed by atoms with Gasteiger partial charge in [0.15, 0.2) is 5.65 Å². The van der Waals surface area contributed by atoms with Crippen molar-refractivity contribution in [3.8, 4) is 5.69 Å². The second-order valence-electron chi connectivity index (χ2n) is 6.80. The predicted molar refractivity (Wildman–Crippen MR) is 109 cm³/mol. The number of hydrogen-bond acceptors (Lipinski definition) is 6. The molecule has 1 aliphatic rings. The quantitative estimate of drug-likeness (QED) is 0.479. The molecule has 0 spiro atoms. The molecule has 0 radical (unpaired) electrons. The molecule has 9 heteroatoms. The number of hydrogen-bond donors (Lipinski definition) is 0. The van der Waals surface area contributed by atoms with Crippen molar-refractivity contribution in [2.24, 2.45) is 0 Å². The van der Waals surface area contributed by atoms with Crippen LogP contribution in [0, 0.1) is 0 Å². The minimum atomic E-state index is 0.0550. The Balaban J connectivity index is 1.53. The van der Waals surface area contributed by atoms with Gasteiger partial charge in [0.05, 0.1) is 35.2 Å². The van der Waals surface area contributed by atoms with E-state index in [1.807, 2.05) is 43.0 Å². The van der Waals surface area contributed by atoms with Gasteiger partial charge in [0, 0.05) is 18.1 Å². The van der Waals surface area contributed by atoms with Gasteiger partial charge in [-0.25, -0.2) is 14.6 Å². The molecule has 146 valence electrons. The van der Waals surface area contributed by atoms with Crippen LogP contribution < -0.4 is 0 Å². The average Bonchev–Trinajstić information content (AvgIpc) is 3.10. The van der Waals surface area contributed by atoms with Crippen LogP contribution in [0.15, 0.2) is 41.8 Å². The van der Waals surface area contributed by atoms with Crippen LogP contribution >= 0.6 is 23.4 Å². The summed E-state index contributed by atoms with van der Waals surface area (Å²) in [6.45, 7) is 5.22. The molecule has 2 atom stereocenters. The van der Waals surface area contributed by atoms with Crippen LogP contribution in [-0.2, 0) is 9.53 Å². The maximum atomic E-state index is 12.6. The fourth-order valence-electron chi connectivity index (χ4n) is 3.34. The van der Waals surface area contributed by atoms with Gasteiger partial charge < -0.3 is 9.64 Å². The van der Waals surface area contributed by atoms with Crippen LogP contribution in [0.1, 0.15) is 13.8 Å². The Morgan fingerprint density at radius 2 is 2.07 bits per heavy atom. The first-order chi connectivity index (χ1) is 13.5. The molecule has 1 saturated heterocycles. The van der Waals surface area contributed by atoms with E-state index in [1.165, 1.54) is 18.1 Å². The molecule has 1 amide bonds. The lowest BCUT2D eigenvalue weighted by atomic mass is 10.2. The third-order valence-corrected chi connectivity index (χ3v) is 5.71. The molecule has 3 aromatic rings. The number of morpholine rings is 1. The Kier molecular flexibility index (Phi) is 5.52. The van der Waals surface area contributed by atoms with E-state index in [-0.39, 0.29) is 18.1 Å². The highest BCUT2D eigenvalue weighted by molar-refractivity contribution is 8.00. The molecule has 28 heavy (non-hydrogen) atoms. The van der Waals surface area contributed by atoms with Crippen molar-refractivity contribution < 1.29 is 9.53 Å². The van der Waals surface area contributed by atoms with E-state index in [0.717, 1.165) is 16.1 Å². The maximum Gasteiger partial charge on any atom is 0.233 e. The number of thioether (sulfide) groups is 1. The predicted octanol–water partition coefficient (Wildman–Crippen LogP) is 3.20. The number of aromatic nitrogens is 4. The van der Waals surface area contributed by atoms with Crippen molar-refractivity contribution in [3.05, 3.63) is 41.8 Å². The first kappa shape index (κ1) is 19.2. The van der Waals surface area contributed by atoms with Crippen molar-refractivity contribution in [3.63, 3.8) is 0 Å². The van der Waals surface area contributed by atoms with Crippen LogP contribution in [0.25, 0.3) is 16.7 Å². The lowest BCUT2D eigenvalue weighted by Gasteiger charge is -2.35. The average molecular weight is 418 g/mol. The Morgan fingerprint density at radius 1 is 1.29 bits per heavy atom. The van der Waals surface area contributed by atoms with Gasteiger partial charge in [0.1, 0.15) is 11.4 Å². The van der Waals surface area contributed by atoms with Gasteiger partial charge in [-0.2, -0.15) is 5.10 Å². The summed E-state index contributed by atoms with van der Waals surface area (Å²) in [6, 6.07) is 7.42. The lowest BCUT2D eigenvalue weighted by Crippen LogP contribution is -2.48. The topological polar surface area (TPSA) is 73.1 Å². The number of rotatable bonds is 4. The van der Waals surface area contributed by atoms with Crippen molar-refractivity contribution in [1.82, 2.24) is 24.6 Å². The van der Waals surface area contributed by atoms with E-state index in [4.69, 9.17) is 16.3 Å². The zero-order chi connectivity index (χ0) is 19.7. The Labute approximate surface area is 172 Å². The van der Waals surface area contributed by atoms with E-state index in [1.54, 1.807) is 10.9 Å². The molecule has 0 aliphatic carbocycles. The fourth-order valence-corrected chi connectivity index (χ4v) is 4.39. The number of nitrogens with zero attached hydrogens (tertiary/aromatic N) is 5. The van der Waals surface area contributed by atoms with E-state index in [0.29, 0.717) is 29.5 Å². The summed E-state index contributed by atoms with van der Waals surface area (Å²) in [5.74, 6) is 0.398. The highest BCUT2D eigenvalue weighted by Gasteiger charge is 2.26. The molecular weight excluding hydrogens is 398 g/mol. The van der Waals surface area contributed by atoms with Crippen LogP contribution in [0.3, 0.4) is 0 Å². The number of ether oxygens (including phenoxy) is 1. The van der Waals surface area contributed by atoms with Crippen molar-refractivity contribution in [2.45, 2.75) is 31.1 Å². The molecule has 0 N–H and O–H groups in total. The first-order valence-electron chi connectivity index (χ1n) is 9.02. The Bertz CT molecular complexity index is 1000. The number of halogens is 1. The zero-order valence-corrected chi connectivity index (χ0v) is 17.2. The summed E-state index contributed by atoms with van der Waals surface area (Å²) in [4.78, 5) is 23.2. The molecule has 0 saturated carbocycles. The van der Waals surface area contributed by atoms with Crippen LogP contribution in [-0.4, -0.2) is 61.6 Å². The zero-order valence-electron chi connectivity index (χ0n) is 15.6. The molecule has 2 aromatic heterocycles. The van der Waals surface area contributed by atoms with Crippen LogP contribution in [0.4, 0.5) is 0 Å². The Morgan fingerprint density at radius 3 is 2.82 bits per heavy atom. The number of amides is 1. The molecule has 3 heterocycles. The van der Waals surface area contributed by atoms with E-state index >= 15 is 0 Å². The second-order valence-corrected chi connectivity index (χ2v) is 8.20. The monoisotopic (exact) mass is 417 g/mol. The van der Waals surface area contributed by atoms with Gasteiger partial charge in [-0.05, 0) is 32.0 Å². The van der Waals surface area contributed by atoms with Gasteiger partial charge in [-0.15, -0.1) is 0 Å². The molecule has 0 unspecified atom stereocenters. The third kappa shape index (κ3) is 3.99. The van der Waals surface area contributed by atoms with Crippen molar-refractivity contribution in [1.29, 1.82) is 0 Å². The molecular formula is C19H20ClN5O2S. The van der Waals surface area contributed by atoms with E-state index in [9.17, 15) is 4.79 Å². The summed E-state index contributed by atoms with van der Waals surface area (Å²) in [5, 5.41) is 6.61. The summed E-state index contributed by atoms with van der Waals surface area (Å²) >= 11 is 7.50. The summed E-state index contributed by atoms with van der Waals surface area (Å²) in [6.07, 6.45) is 3.33. The van der Waals surface area contributed by atoms with Gasteiger partial charge >= 0.3 is 0 Å². The fraction of sp³-hybridized carbons (Fsp3) is 0.368. The number of benzene rings is 1. The molecule has 0 bridgehead atoms. The Hall–Kier alpha value is -2.16. The van der Waals surface area contributed by atoms with Gasteiger partial charge in [-0.1, -0.05) is 29.4 Å². The molecule has 7 nitrogen and oxygen atoms in total. The van der Waals surface area contributed by atoms with Crippen molar-refractivity contribution >= 4 is 40.3 Å². The largest absolute Gasteiger partial charge is 0.372 e. The molecule has 1 aromatic carbocycles. The first-order valence-corrected chi connectivity index (χ1v) is 10.4. The lowest BCUT2D eigenvalue weighted by molar-refractivity contribution is -0.140. The summed E-state index contributed by atoms with van der Waals surface area (Å²) in [7, 11) is 0. The summed E-state index contributed by atoms with van der Waals surface area (Å²) in [5.41, 5.74) is 1.50. The summed E-state index contributed by atoms with van der Waals surface area (Å²) < 4.78 is 7.42. The molecule has 1 fully saturated rings. The molecule has 4 rings (SSSR count). The van der Waals surface area contributed by atoms with Gasteiger partial charge in [-0.3, -0.25) is 4.79 Å². The van der Waals surface area contributed by atoms with E-state index in [2.05, 4.69) is 15.1 Å². The van der Waals surface area contributed by atoms with E-state index < -0.39 is 0 Å². The smallest absolute Gasteiger partial charge is 0.233 e. The third-order valence-electron chi connectivity index (χ3n) is 4.49. The number of carbonyl (C=O) groups excluding carboxylic acids is 1. The van der Waals surface area contributed by atoms with Crippen LogP contribution in [0.5, 0.6) is 0 Å². The maximum absolute atomic E-state index is 12.6. The van der Waals surface area contributed by atoms with Crippen LogP contribution in [0.2, 0.25) is 5.02 Å². The standard InChI is InChI=1S/C19H20ClN5O2S/c1-12-8-24(9-13(2)27-12)17(26)10-28-19-16-7-23-25(18(16)21-11-22-19)15-5-3-4-14(20)6-15/h3-7,11-13H,8-10H2,1-2H3/t12-,13-/m0/s1. The molecule has 1 aliphatic heterocycles. The number of carbonyl (C=O) groups is 1. The van der Waals surface area contributed by atoms with Gasteiger partial charge in [0.2, 0.25) is 5.91 Å². The minimum Gasteiger partial charge on any atom is -0.372 e. The SMILES string of the molecule is C[C@H]1CN(C(=O)CSc2ncnc3c2cnn3-c2cccc(Cl)c2)C[C@H](C)O1. The highest BCUT2D eigenvalue weighted by atomic mass is 35.5. The van der Waals surface area contributed by atoms with Gasteiger partial charge in [0.25, 0.3) is 0 Å². The highest BCUT2D eigenvalue weighted by Crippen LogP contribution is 2.27. The second kappa shape index (κ2) is 8.06. The normalized spacial score (nSPS) is 19.9.